The van der Waals surface area contributed by atoms with E-state index in [4.69, 9.17) is 4.42 Å². The van der Waals surface area contributed by atoms with Gasteiger partial charge in [-0.25, -0.2) is 0 Å². The maximum absolute atomic E-state index is 11.9. The molecule has 2 heterocycles. The highest BCUT2D eigenvalue weighted by Gasteiger charge is 2.12. The average molecular weight is 342 g/mol. The van der Waals surface area contributed by atoms with Crippen LogP contribution in [-0.4, -0.2) is 20.7 Å². The SMILES string of the molecule is Cc1ccc(CSc2nnc(CNC(=O)c3ccco3)n2C)cc1. The second-order valence-electron chi connectivity index (χ2n) is 5.39. The van der Waals surface area contributed by atoms with E-state index in [0.29, 0.717) is 12.4 Å². The zero-order valence-electron chi connectivity index (χ0n) is 13.5. The second-order valence-corrected chi connectivity index (χ2v) is 6.33. The number of aryl methyl sites for hydroxylation is 1. The van der Waals surface area contributed by atoms with E-state index in [1.807, 2.05) is 11.6 Å². The number of nitrogens with one attached hydrogen (secondary N) is 1. The van der Waals surface area contributed by atoms with Crippen molar-refractivity contribution in [3.63, 3.8) is 0 Å². The summed E-state index contributed by atoms with van der Waals surface area (Å²) < 4.78 is 6.95. The van der Waals surface area contributed by atoms with Crippen molar-refractivity contribution in [1.29, 1.82) is 0 Å². The van der Waals surface area contributed by atoms with Crippen molar-refractivity contribution in [3.8, 4) is 0 Å². The topological polar surface area (TPSA) is 73.0 Å². The lowest BCUT2D eigenvalue weighted by Crippen LogP contribution is -2.24. The van der Waals surface area contributed by atoms with Gasteiger partial charge in [-0.05, 0) is 24.6 Å². The molecule has 2 aromatic heterocycles. The Hall–Kier alpha value is -2.54. The molecule has 0 unspecified atom stereocenters. The molecule has 1 amide bonds. The molecule has 0 aliphatic rings. The minimum Gasteiger partial charge on any atom is -0.459 e. The van der Waals surface area contributed by atoms with Crippen LogP contribution in [-0.2, 0) is 19.3 Å². The highest BCUT2D eigenvalue weighted by atomic mass is 32.2. The van der Waals surface area contributed by atoms with Crippen LogP contribution in [0.2, 0.25) is 0 Å². The molecule has 0 aliphatic heterocycles. The van der Waals surface area contributed by atoms with Crippen LogP contribution >= 0.6 is 11.8 Å². The molecule has 24 heavy (non-hydrogen) atoms. The van der Waals surface area contributed by atoms with Crippen LogP contribution in [0.5, 0.6) is 0 Å². The maximum atomic E-state index is 11.9. The Balaban J connectivity index is 1.57. The molecule has 0 radical (unpaired) electrons. The summed E-state index contributed by atoms with van der Waals surface area (Å²) in [6.07, 6.45) is 1.47. The van der Waals surface area contributed by atoms with Crippen LogP contribution in [0.4, 0.5) is 0 Å². The predicted octanol–water partition coefficient (Wildman–Crippen LogP) is 2.94. The fraction of sp³-hybridized carbons (Fsp3) is 0.235. The zero-order valence-corrected chi connectivity index (χ0v) is 14.3. The van der Waals surface area contributed by atoms with Crippen molar-refractivity contribution < 1.29 is 9.21 Å². The molecule has 0 spiro atoms. The minimum absolute atomic E-state index is 0.267. The van der Waals surface area contributed by atoms with Gasteiger partial charge in [0.2, 0.25) is 0 Å². The van der Waals surface area contributed by atoms with Crippen LogP contribution in [0.25, 0.3) is 0 Å². The third kappa shape index (κ3) is 3.86. The van der Waals surface area contributed by atoms with Gasteiger partial charge in [-0.1, -0.05) is 41.6 Å². The van der Waals surface area contributed by atoms with Gasteiger partial charge in [0, 0.05) is 12.8 Å². The number of furan rings is 1. The Bertz CT molecular complexity index is 810. The number of thioether (sulfide) groups is 1. The van der Waals surface area contributed by atoms with Crippen LogP contribution in [0.15, 0.2) is 52.2 Å². The number of aromatic nitrogens is 3. The summed E-state index contributed by atoms with van der Waals surface area (Å²) in [5.74, 6) is 1.54. The van der Waals surface area contributed by atoms with E-state index in [0.717, 1.165) is 10.9 Å². The van der Waals surface area contributed by atoms with E-state index in [9.17, 15) is 4.79 Å². The Labute approximate surface area is 144 Å². The van der Waals surface area contributed by atoms with Gasteiger partial charge < -0.3 is 14.3 Å². The van der Waals surface area contributed by atoms with Gasteiger partial charge in [0.15, 0.2) is 16.7 Å². The molecule has 7 heteroatoms. The molecule has 124 valence electrons. The predicted molar refractivity (Wildman–Crippen MR) is 91.6 cm³/mol. The monoisotopic (exact) mass is 342 g/mol. The maximum Gasteiger partial charge on any atom is 0.287 e. The van der Waals surface area contributed by atoms with Gasteiger partial charge in [0.05, 0.1) is 12.8 Å². The highest BCUT2D eigenvalue weighted by molar-refractivity contribution is 7.98. The molecule has 6 nitrogen and oxygen atoms in total. The van der Waals surface area contributed by atoms with E-state index in [2.05, 4.69) is 46.7 Å². The van der Waals surface area contributed by atoms with Gasteiger partial charge in [0.1, 0.15) is 0 Å². The van der Waals surface area contributed by atoms with Crippen molar-refractivity contribution in [2.24, 2.45) is 7.05 Å². The van der Waals surface area contributed by atoms with Crippen LogP contribution in [0, 0.1) is 6.92 Å². The summed E-state index contributed by atoms with van der Waals surface area (Å²) in [5.41, 5.74) is 2.48. The summed E-state index contributed by atoms with van der Waals surface area (Å²) in [6.45, 7) is 2.37. The lowest BCUT2D eigenvalue weighted by atomic mass is 10.2. The number of hydrogen-bond donors (Lipinski definition) is 1. The van der Waals surface area contributed by atoms with E-state index < -0.39 is 0 Å². The molecule has 0 bridgehead atoms. The van der Waals surface area contributed by atoms with Crippen molar-refractivity contribution in [2.45, 2.75) is 24.4 Å². The van der Waals surface area contributed by atoms with E-state index in [1.54, 1.807) is 23.9 Å². The first kappa shape index (κ1) is 16.3. The number of carbonyl (C=O) groups is 1. The summed E-state index contributed by atoms with van der Waals surface area (Å²) >= 11 is 1.62. The summed E-state index contributed by atoms with van der Waals surface area (Å²) in [6, 6.07) is 11.7. The van der Waals surface area contributed by atoms with Gasteiger partial charge in [-0.15, -0.1) is 10.2 Å². The molecule has 3 aromatic rings. The molecular formula is C17H18N4O2S. The van der Waals surface area contributed by atoms with Gasteiger partial charge in [-0.3, -0.25) is 4.79 Å². The average Bonchev–Trinajstić information content (AvgIpc) is 3.23. The Kier molecular flexibility index (Phi) is 5.00. The quantitative estimate of drug-likeness (QED) is 0.697. The fourth-order valence-corrected chi connectivity index (χ4v) is 3.00. The Morgan fingerprint density at radius 3 is 2.75 bits per heavy atom. The van der Waals surface area contributed by atoms with Crippen LogP contribution in [0.3, 0.4) is 0 Å². The van der Waals surface area contributed by atoms with Crippen LogP contribution < -0.4 is 5.32 Å². The summed E-state index contributed by atoms with van der Waals surface area (Å²) in [4.78, 5) is 11.9. The first-order valence-electron chi connectivity index (χ1n) is 7.52. The molecule has 0 saturated heterocycles. The van der Waals surface area contributed by atoms with Crippen molar-refractivity contribution in [3.05, 3.63) is 65.4 Å². The third-order valence-corrected chi connectivity index (χ3v) is 4.66. The molecule has 1 aromatic carbocycles. The lowest BCUT2D eigenvalue weighted by Gasteiger charge is -2.05. The lowest BCUT2D eigenvalue weighted by molar-refractivity contribution is 0.0922. The number of hydrogen-bond acceptors (Lipinski definition) is 5. The largest absolute Gasteiger partial charge is 0.459 e. The summed E-state index contributed by atoms with van der Waals surface area (Å²) in [5, 5.41) is 11.9. The number of benzene rings is 1. The first-order valence-corrected chi connectivity index (χ1v) is 8.50. The second kappa shape index (κ2) is 7.35. The fourth-order valence-electron chi connectivity index (χ4n) is 2.11. The normalized spacial score (nSPS) is 10.8. The summed E-state index contributed by atoms with van der Waals surface area (Å²) in [7, 11) is 1.89. The van der Waals surface area contributed by atoms with Crippen LogP contribution in [0.1, 0.15) is 27.5 Å². The van der Waals surface area contributed by atoms with E-state index in [-0.39, 0.29) is 11.7 Å². The Morgan fingerprint density at radius 2 is 2.04 bits per heavy atom. The van der Waals surface area contributed by atoms with E-state index >= 15 is 0 Å². The van der Waals surface area contributed by atoms with Gasteiger partial charge in [-0.2, -0.15) is 0 Å². The molecule has 0 saturated carbocycles. The first-order chi connectivity index (χ1) is 11.6. The van der Waals surface area contributed by atoms with Gasteiger partial charge in [0.25, 0.3) is 5.91 Å². The number of nitrogens with zero attached hydrogens (tertiary/aromatic N) is 3. The highest BCUT2D eigenvalue weighted by Crippen LogP contribution is 2.21. The standard InChI is InChI=1S/C17H18N4O2S/c1-12-5-7-13(8-6-12)11-24-17-20-19-15(21(17)2)10-18-16(22)14-4-3-9-23-14/h3-9H,10-11H2,1-2H3,(H,18,22). The molecule has 0 aliphatic carbocycles. The number of rotatable bonds is 6. The van der Waals surface area contributed by atoms with E-state index in [1.165, 1.54) is 17.4 Å². The molecule has 3 rings (SSSR count). The van der Waals surface area contributed by atoms with Crippen molar-refractivity contribution >= 4 is 17.7 Å². The smallest absolute Gasteiger partial charge is 0.287 e. The zero-order chi connectivity index (χ0) is 16.9. The molecular weight excluding hydrogens is 324 g/mol. The molecule has 0 atom stereocenters. The Morgan fingerprint density at radius 1 is 1.25 bits per heavy atom. The van der Waals surface area contributed by atoms with Gasteiger partial charge >= 0.3 is 0 Å². The minimum atomic E-state index is -0.267. The van der Waals surface area contributed by atoms with Crippen molar-refractivity contribution in [1.82, 2.24) is 20.1 Å². The molecule has 1 N–H and O–H groups in total. The number of carbonyl (C=O) groups excluding carboxylic acids is 1. The van der Waals surface area contributed by atoms with Crippen molar-refractivity contribution in [2.75, 3.05) is 0 Å². The molecule has 0 fully saturated rings. The number of amides is 1. The third-order valence-electron chi connectivity index (χ3n) is 3.57.